The molecule has 1 aliphatic carbocycles. The van der Waals surface area contributed by atoms with Crippen LogP contribution in [0.1, 0.15) is 55.1 Å². The highest BCUT2D eigenvalue weighted by Gasteiger charge is 2.48. The van der Waals surface area contributed by atoms with E-state index < -0.39 is 0 Å². The Bertz CT molecular complexity index is 1210. The van der Waals surface area contributed by atoms with Crippen LogP contribution in [0.2, 0.25) is 0 Å². The molecule has 0 bridgehead atoms. The minimum Gasteiger partial charge on any atom is -0.497 e. The third-order valence-corrected chi connectivity index (χ3v) is 8.60. The maximum absolute atomic E-state index is 13.0. The molecule has 2 aliphatic heterocycles. The monoisotopic (exact) mass is 474 g/mol. The van der Waals surface area contributed by atoms with Gasteiger partial charge in [0.25, 0.3) is 0 Å². The minimum atomic E-state index is -0.134. The highest BCUT2D eigenvalue weighted by Crippen LogP contribution is 2.49. The van der Waals surface area contributed by atoms with E-state index >= 15 is 0 Å². The zero-order valence-corrected chi connectivity index (χ0v) is 20.4. The average molecular weight is 475 g/mol. The molecule has 6 rings (SSSR count). The number of hydrogen-bond acceptors (Lipinski definition) is 5. The summed E-state index contributed by atoms with van der Waals surface area (Å²) in [6.07, 6.45) is 6.95. The molecule has 2 N–H and O–H groups in total. The van der Waals surface area contributed by atoms with Crippen LogP contribution in [-0.2, 0) is 16.8 Å². The molecule has 1 atom stereocenters. The fraction of sp³-hybridized carbons (Fsp3) is 0.500. The summed E-state index contributed by atoms with van der Waals surface area (Å²) in [5, 5.41) is 11.8. The lowest BCUT2D eigenvalue weighted by atomic mass is 9.68. The largest absolute Gasteiger partial charge is 0.497 e. The summed E-state index contributed by atoms with van der Waals surface area (Å²) >= 11 is 0. The molecule has 0 radical (unpaired) electrons. The van der Waals surface area contributed by atoms with Gasteiger partial charge >= 0.3 is 0 Å². The van der Waals surface area contributed by atoms with Crippen molar-refractivity contribution in [2.45, 2.75) is 50.1 Å². The highest BCUT2D eigenvalue weighted by molar-refractivity contribution is 5.88. The van der Waals surface area contributed by atoms with Gasteiger partial charge < -0.3 is 19.7 Å². The molecule has 1 unspecified atom stereocenters. The molecule has 3 aliphatic rings. The molecule has 7 heteroatoms. The van der Waals surface area contributed by atoms with E-state index in [9.17, 15) is 9.90 Å². The lowest BCUT2D eigenvalue weighted by molar-refractivity contribution is -0.140. The number of aliphatic hydroxyl groups is 1. The number of aliphatic hydroxyl groups excluding tert-OH is 1. The second kappa shape index (κ2) is 8.95. The first-order valence-electron chi connectivity index (χ1n) is 12.9. The topological polar surface area (TPSA) is 81.7 Å². The third kappa shape index (κ3) is 3.81. The molecule has 4 heterocycles. The van der Waals surface area contributed by atoms with Gasteiger partial charge in [-0.15, -0.1) is 0 Å². The number of ether oxygens (including phenoxy) is 1. The third-order valence-electron chi connectivity index (χ3n) is 8.60. The molecule has 1 saturated carbocycles. The predicted octanol–water partition coefficient (Wildman–Crippen LogP) is 3.78. The fourth-order valence-electron chi connectivity index (χ4n) is 6.46. The number of hydrogen-bond donors (Lipinski definition) is 2. The first-order chi connectivity index (χ1) is 17.1. The number of likely N-dealkylation sites (tertiary alicyclic amines) is 1. The maximum Gasteiger partial charge on any atom is 0.225 e. The summed E-state index contributed by atoms with van der Waals surface area (Å²) in [7, 11) is 1.69. The summed E-state index contributed by atoms with van der Waals surface area (Å²) in [4.78, 5) is 25.7. The molecule has 3 aromatic rings. The Hall–Kier alpha value is -2.90. The summed E-state index contributed by atoms with van der Waals surface area (Å²) in [6, 6.07) is 12.1. The van der Waals surface area contributed by atoms with E-state index in [4.69, 9.17) is 4.74 Å². The lowest BCUT2D eigenvalue weighted by Gasteiger charge is -2.50. The van der Waals surface area contributed by atoms with Crippen molar-refractivity contribution in [1.82, 2.24) is 19.8 Å². The molecule has 184 valence electrons. The number of benzene rings is 1. The Morgan fingerprint density at radius 3 is 2.71 bits per heavy atom. The minimum absolute atomic E-state index is 0.0339. The summed E-state index contributed by atoms with van der Waals surface area (Å²) in [5.41, 5.74) is 4.37. The second-order valence-corrected chi connectivity index (χ2v) is 10.5. The van der Waals surface area contributed by atoms with Crippen LogP contribution in [0.15, 0.2) is 42.6 Å². The summed E-state index contributed by atoms with van der Waals surface area (Å²) < 4.78 is 5.49. The molecule has 1 aromatic carbocycles. The fourth-order valence-corrected chi connectivity index (χ4v) is 6.46. The number of methoxy groups -OCH3 is 1. The van der Waals surface area contributed by atoms with E-state index in [0.29, 0.717) is 12.5 Å². The van der Waals surface area contributed by atoms with Crippen molar-refractivity contribution in [3.8, 4) is 5.75 Å². The number of fused-ring (bicyclic) bond motifs is 4. The first-order valence-corrected chi connectivity index (χ1v) is 12.9. The Balaban J connectivity index is 1.39. The molecule has 1 amide bonds. The number of H-pyrrole nitrogens is 1. The van der Waals surface area contributed by atoms with Crippen LogP contribution in [0.5, 0.6) is 5.75 Å². The molecule has 1 saturated heterocycles. The van der Waals surface area contributed by atoms with Gasteiger partial charge in [-0.2, -0.15) is 0 Å². The number of nitrogens with zero attached hydrogens (tertiary/aromatic N) is 3. The maximum atomic E-state index is 13.0. The number of carbonyl (C=O) groups excluding carboxylic acids is 1. The zero-order chi connectivity index (χ0) is 24.0. The van der Waals surface area contributed by atoms with Gasteiger partial charge in [-0.3, -0.25) is 14.7 Å². The van der Waals surface area contributed by atoms with Gasteiger partial charge in [-0.05, 0) is 55.5 Å². The molecular formula is C28H34N4O3. The van der Waals surface area contributed by atoms with E-state index in [0.717, 1.165) is 68.0 Å². The van der Waals surface area contributed by atoms with Gasteiger partial charge in [0.1, 0.15) is 5.75 Å². The van der Waals surface area contributed by atoms with Crippen molar-refractivity contribution < 1.29 is 14.6 Å². The van der Waals surface area contributed by atoms with Crippen molar-refractivity contribution in [1.29, 1.82) is 0 Å². The number of piperidine rings is 1. The lowest BCUT2D eigenvalue weighted by Crippen LogP contribution is -2.55. The van der Waals surface area contributed by atoms with Crippen LogP contribution in [0.25, 0.3) is 10.9 Å². The van der Waals surface area contributed by atoms with Gasteiger partial charge in [0.05, 0.1) is 25.5 Å². The molecule has 2 aromatic heterocycles. The number of amides is 1. The SMILES string of the molecule is COc1ccc2c3c([nH]c2c1)C(CO)N(Cc1ccccn1)CC31CCN(C(=O)C2CCC2)CC1. The van der Waals surface area contributed by atoms with E-state index in [2.05, 4.69) is 25.8 Å². The Kier molecular flexibility index (Phi) is 5.77. The molecule has 35 heavy (non-hydrogen) atoms. The Labute approximate surface area is 206 Å². The second-order valence-electron chi connectivity index (χ2n) is 10.5. The van der Waals surface area contributed by atoms with Gasteiger partial charge in [-0.25, -0.2) is 0 Å². The van der Waals surface area contributed by atoms with E-state index in [1.54, 1.807) is 7.11 Å². The first kappa shape index (κ1) is 22.6. The number of aromatic amines is 1. The molecular weight excluding hydrogens is 440 g/mol. The zero-order valence-electron chi connectivity index (χ0n) is 20.4. The van der Waals surface area contributed by atoms with Gasteiger partial charge in [0.2, 0.25) is 5.91 Å². The van der Waals surface area contributed by atoms with Crippen LogP contribution in [0, 0.1) is 5.92 Å². The number of nitrogens with one attached hydrogen (secondary N) is 1. The van der Waals surface area contributed by atoms with Gasteiger partial charge in [0, 0.05) is 66.4 Å². The van der Waals surface area contributed by atoms with E-state index in [1.165, 1.54) is 17.4 Å². The summed E-state index contributed by atoms with van der Waals surface area (Å²) in [6.45, 7) is 3.13. The van der Waals surface area contributed by atoms with Gasteiger partial charge in [0.15, 0.2) is 0 Å². The van der Waals surface area contributed by atoms with Crippen molar-refractivity contribution in [3.63, 3.8) is 0 Å². The number of pyridine rings is 1. The molecule has 2 fully saturated rings. The van der Waals surface area contributed by atoms with E-state index in [1.807, 2.05) is 36.5 Å². The smallest absolute Gasteiger partial charge is 0.225 e. The van der Waals surface area contributed by atoms with Crippen molar-refractivity contribution in [2.75, 3.05) is 33.4 Å². The predicted molar refractivity (Wildman–Crippen MR) is 134 cm³/mol. The van der Waals surface area contributed by atoms with E-state index in [-0.39, 0.29) is 24.0 Å². The standard InChI is InChI=1S/C28H34N4O3/c1-35-21-8-9-22-23(15-21)30-26-24(17-33)32(16-20-7-2-3-12-29-20)18-28(25(22)26)10-13-31(14-11-28)27(34)19-5-4-6-19/h2-3,7-9,12,15,19,24,30,33H,4-6,10-11,13-14,16-18H2,1H3. The number of aromatic nitrogens is 2. The molecule has 1 spiro atoms. The Morgan fingerprint density at radius 2 is 2.06 bits per heavy atom. The molecule has 7 nitrogen and oxygen atoms in total. The van der Waals surface area contributed by atoms with Gasteiger partial charge in [-0.1, -0.05) is 12.5 Å². The van der Waals surface area contributed by atoms with Crippen LogP contribution >= 0.6 is 0 Å². The van der Waals surface area contributed by atoms with Crippen molar-refractivity contribution in [3.05, 3.63) is 59.5 Å². The normalized spacial score (nSPS) is 22.2. The Morgan fingerprint density at radius 1 is 1.23 bits per heavy atom. The van der Waals surface area contributed by atoms with Crippen LogP contribution in [0.4, 0.5) is 0 Å². The van der Waals surface area contributed by atoms with Crippen LogP contribution in [-0.4, -0.2) is 64.1 Å². The summed E-state index contributed by atoms with van der Waals surface area (Å²) in [5.74, 6) is 1.41. The quantitative estimate of drug-likeness (QED) is 0.588. The van der Waals surface area contributed by atoms with Crippen molar-refractivity contribution in [2.24, 2.45) is 5.92 Å². The van der Waals surface area contributed by atoms with Crippen molar-refractivity contribution >= 4 is 16.8 Å². The average Bonchev–Trinajstić information content (AvgIpc) is 3.23. The van der Waals surface area contributed by atoms with Crippen LogP contribution < -0.4 is 4.74 Å². The van der Waals surface area contributed by atoms with Crippen LogP contribution in [0.3, 0.4) is 0 Å². The number of rotatable bonds is 5. The highest BCUT2D eigenvalue weighted by atomic mass is 16.5. The number of carbonyl (C=O) groups is 1.